The van der Waals surface area contributed by atoms with Crippen LogP contribution in [0.15, 0.2) is 12.1 Å². The number of nitrogens with one attached hydrogen (secondary N) is 1. The van der Waals surface area contributed by atoms with Crippen molar-refractivity contribution in [1.29, 1.82) is 0 Å². The molecule has 6 nitrogen and oxygen atoms in total. The molecule has 0 saturated heterocycles. The highest BCUT2D eigenvalue weighted by Crippen LogP contribution is 2.21. The number of pyridine rings is 1. The zero-order chi connectivity index (χ0) is 12.7. The van der Waals surface area contributed by atoms with Crippen molar-refractivity contribution in [3.8, 4) is 5.88 Å². The van der Waals surface area contributed by atoms with Crippen molar-refractivity contribution >= 4 is 11.5 Å². The molecule has 5 N–H and O–H groups in total. The maximum absolute atomic E-state index is 8.95. The second-order valence-electron chi connectivity index (χ2n) is 3.65. The predicted molar refractivity (Wildman–Crippen MR) is 66.0 cm³/mol. The SMILES string of the molecule is CCCOc1nc(NC(CO)CO)ccc1N. The summed E-state index contributed by atoms with van der Waals surface area (Å²) in [6.07, 6.45) is 0.870. The highest BCUT2D eigenvalue weighted by molar-refractivity contribution is 5.53. The van der Waals surface area contributed by atoms with E-state index in [-0.39, 0.29) is 13.2 Å². The zero-order valence-corrected chi connectivity index (χ0v) is 9.89. The molecular formula is C11H19N3O3. The molecule has 0 unspecified atom stereocenters. The van der Waals surface area contributed by atoms with E-state index in [4.69, 9.17) is 20.7 Å². The van der Waals surface area contributed by atoms with E-state index in [0.717, 1.165) is 6.42 Å². The first kappa shape index (κ1) is 13.5. The lowest BCUT2D eigenvalue weighted by molar-refractivity contribution is 0.203. The average Bonchev–Trinajstić information content (AvgIpc) is 2.36. The van der Waals surface area contributed by atoms with Crippen LogP contribution in [-0.4, -0.2) is 41.1 Å². The van der Waals surface area contributed by atoms with Crippen molar-refractivity contribution in [2.75, 3.05) is 30.9 Å². The molecule has 0 radical (unpaired) electrons. The van der Waals surface area contributed by atoms with Gasteiger partial charge in [-0.2, -0.15) is 4.98 Å². The molecule has 0 fully saturated rings. The van der Waals surface area contributed by atoms with Crippen molar-refractivity contribution in [3.05, 3.63) is 12.1 Å². The van der Waals surface area contributed by atoms with E-state index in [9.17, 15) is 0 Å². The van der Waals surface area contributed by atoms with Gasteiger partial charge in [-0.15, -0.1) is 0 Å². The molecule has 1 heterocycles. The first-order chi connectivity index (χ1) is 8.21. The standard InChI is InChI=1S/C11H19N3O3/c1-2-5-17-11-9(12)3-4-10(14-11)13-8(6-15)7-16/h3-4,8,15-16H,2,5-7,12H2,1H3,(H,13,14). The minimum atomic E-state index is -0.440. The fraction of sp³-hybridized carbons (Fsp3) is 0.545. The summed E-state index contributed by atoms with van der Waals surface area (Å²) in [5.41, 5.74) is 6.18. The van der Waals surface area contributed by atoms with Crippen LogP contribution in [0.1, 0.15) is 13.3 Å². The third-order valence-corrected chi connectivity index (χ3v) is 2.13. The number of rotatable bonds is 7. The average molecular weight is 241 g/mol. The molecule has 1 aromatic rings. The van der Waals surface area contributed by atoms with Gasteiger partial charge in [0.15, 0.2) is 0 Å². The van der Waals surface area contributed by atoms with Crippen molar-refractivity contribution < 1.29 is 14.9 Å². The Morgan fingerprint density at radius 2 is 2.12 bits per heavy atom. The number of anilines is 2. The number of nitrogens with zero attached hydrogens (tertiary/aromatic N) is 1. The summed E-state index contributed by atoms with van der Waals surface area (Å²) in [5.74, 6) is 0.880. The molecule has 0 atom stereocenters. The lowest BCUT2D eigenvalue weighted by atomic mass is 10.3. The Balaban J connectivity index is 2.73. The van der Waals surface area contributed by atoms with E-state index in [0.29, 0.717) is 24.0 Å². The number of nitrogens with two attached hydrogens (primary N) is 1. The van der Waals surface area contributed by atoms with E-state index < -0.39 is 6.04 Å². The Kier molecular flexibility index (Phi) is 5.51. The lowest BCUT2D eigenvalue weighted by Crippen LogP contribution is -2.28. The molecule has 0 aromatic carbocycles. The normalized spacial score (nSPS) is 10.6. The topological polar surface area (TPSA) is 101 Å². The van der Waals surface area contributed by atoms with Crippen LogP contribution in [0.3, 0.4) is 0 Å². The smallest absolute Gasteiger partial charge is 0.239 e. The Hall–Kier alpha value is -1.53. The largest absolute Gasteiger partial charge is 0.476 e. The molecule has 0 spiro atoms. The summed E-state index contributed by atoms with van der Waals surface area (Å²) < 4.78 is 5.37. The quantitative estimate of drug-likeness (QED) is 0.545. The summed E-state index contributed by atoms with van der Waals surface area (Å²) in [6, 6.07) is 2.91. The third-order valence-electron chi connectivity index (χ3n) is 2.13. The number of hydrogen-bond acceptors (Lipinski definition) is 6. The maximum Gasteiger partial charge on any atom is 0.239 e. The summed E-state index contributed by atoms with van der Waals surface area (Å²) in [4.78, 5) is 4.16. The molecule has 0 aliphatic heterocycles. The number of aliphatic hydroxyl groups excluding tert-OH is 2. The Labute approximate surface area is 100 Å². The van der Waals surface area contributed by atoms with Gasteiger partial charge < -0.3 is 26.0 Å². The predicted octanol–water partition coefficient (Wildman–Crippen LogP) is 0.218. The van der Waals surface area contributed by atoms with Crippen LogP contribution in [0.5, 0.6) is 5.88 Å². The first-order valence-corrected chi connectivity index (χ1v) is 5.58. The molecule has 1 aromatic heterocycles. The van der Waals surface area contributed by atoms with Crippen LogP contribution in [0, 0.1) is 0 Å². The summed E-state index contributed by atoms with van der Waals surface area (Å²) in [7, 11) is 0. The summed E-state index contributed by atoms with van der Waals surface area (Å²) >= 11 is 0. The Morgan fingerprint density at radius 1 is 1.41 bits per heavy atom. The van der Waals surface area contributed by atoms with E-state index >= 15 is 0 Å². The van der Waals surface area contributed by atoms with E-state index in [1.807, 2.05) is 6.92 Å². The van der Waals surface area contributed by atoms with Gasteiger partial charge in [0.25, 0.3) is 0 Å². The van der Waals surface area contributed by atoms with Crippen molar-refractivity contribution in [3.63, 3.8) is 0 Å². The minimum absolute atomic E-state index is 0.173. The van der Waals surface area contributed by atoms with E-state index in [1.54, 1.807) is 12.1 Å². The fourth-order valence-electron chi connectivity index (χ4n) is 1.20. The molecule has 1 rings (SSSR count). The molecule has 96 valence electrons. The minimum Gasteiger partial charge on any atom is -0.476 e. The van der Waals surface area contributed by atoms with Crippen LogP contribution in [-0.2, 0) is 0 Å². The molecule has 0 aliphatic carbocycles. The van der Waals surface area contributed by atoms with Crippen LogP contribution in [0.4, 0.5) is 11.5 Å². The highest BCUT2D eigenvalue weighted by Gasteiger charge is 2.08. The number of ether oxygens (including phenoxy) is 1. The van der Waals surface area contributed by atoms with Gasteiger partial charge in [-0.3, -0.25) is 0 Å². The second kappa shape index (κ2) is 6.93. The van der Waals surface area contributed by atoms with Gasteiger partial charge in [-0.05, 0) is 18.6 Å². The molecule has 0 amide bonds. The van der Waals surface area contributed by atoms with Crippen molar-refractivity contribution in [1.82, 2.24) is 4.98 Å². The zero-order valence-electron chi connectivity index (χ0n) is 9.89. The Morgan fingerprint density at radius 3 is 2.71 bits per heavy atom. The monoisotopic (exact) mass is 241 g/mol. The van der Waals surface area contributed by atoms with Gasteiger partial charge in [-0.1, -0.05) is 6.92 Å². The Bertz CT molecular complexity index is 343. The van der Waals surface area contributed by atoms with Crippen molar-refractivity contribution in [2.24, 2.45) is 0 Å². The lowest BCUT2D eigenvalue weighted by Gasteiger charge is -2.15. The maximum atomic E-state index is 8.95. The van der Waals surface area contributed by atoms with Gasteiger partial charge in [0.05, 0.1) is 31.5 Å². The second-order valence-corrected chi connectivity index (χ2v) is 3.65. The highest BCUT2D eigenvalue weighted by atomic mass is 16.5. The van der Waals surface area contributed by atoms with Gasteiger partial charge >= 0.3 is 0 Å². The van der Waals surface area contributed by atoms with Gasteiger partial charge in [0, 0.05) is 0 Å². The number of aromatic nitrogens is 1. The van der Waals surface area contributed by atoms with Crippen LogP contribution in [0.2, 0.25) is 0 Å². The fourth-order valence-corrected chi connectivity index (χ4v) is 1.20. The van der Waals surface area contributed by atoms with Gasteiger partial charge in [-0.25, -0.2) is 0 Å². The molecular weight excluding hydrogens is 222 g/mol. The molecule has 17 heavy (non-hydrogen) atoms. The summed E-state index contributed by atoms with van der Waals surface area (Å²) in [5, 5.41) is 20.8. The number of hydrogen-bond donors (Lipinski definition) is 4. The third kappa shape index (κ3) is 4.08. The molecule has 0 aliphatic rings. The van der Waals surface area contributed by atoms with Crippen molar-refractivity contribution in [2.45, 2.75) is 19.4 Å². The van der Waals surface area contributed by atoms with Crippen LogP contribution in [0.25, 0.3) is 0 Å². The van der Waals surface area contributed by atoms with Gasteiger partial charge in [0.2, 0.25) is 5.88 Å². The molecule has 0 bridgehead atoms. The molecule has 0 saturated carbocycles. The van der Waals surface area contributed by atoms with Crippen LogP contribution < -0.4 is 15.8 Å². The number of nitrogen functional groups attached to an aromatic ring is 1. The molecule has 6 heteroatoms. The summed E-state index contributed by atoms with van der Waals surface area (Å²) in [6.45, 7) is 2.19. The van der Waals surface area contributed by atoms with E-state index in [2.05, 4.69) is 10.3 Å². The van der Waals surface area contributed by atoms with Gasteiger partial charge in [0.1, 0.15) is 5.82 Å². The number of aliphatic hydroxyl groups is 2. The first-order valence-electron chi connectivity index (χ1n) is 5.58. The van der Waals surface area contributed by atoms with Crippen LogP contribution >= 0.6 is 0 Å². The van der Waals surface area contributed by atoms with E-state index in [1.165, 1.54) is 0 Å².